The Morgan fingerprint density at radius 3 is 2.55 bits per heavy atom. The molecule has 0 bridgehead atoms. The van der Waals surface area contributed by atoms with Crippen molar-refractivity contribution in [1.82, 2.24) is 4.72 Å². The SMILES string of the molecule is CCSCC(C)NS(=O)(=O)CCSc1ccc(N)cc1. The van der Waals surface area contributed by atoms with Crippen LogP contribution in [0.4, 0.5) is 5.69 Å². The molecule has 20 heavy (non-hydrogen) atoms. The maximum Gasteiger partial charge on any atom is 0.212 e. The van der Waals surface area contributed by atoms with Gasteiger partial charge in [0, 0.05) is 28.1 Å². The van der Waals surface area contributed by atoms with Gasteiger partial charge < -0.3 is 5.73 Å². The van der Waals surface area contributed by atoms with Crippen molar-refractivity contribution >= 4 is 39.2 Å². The van der Waals surface area contributed by atoms with Gasteiger partial charge in [0.25, 0.3) is 0 Å². The highest BCUT2D eigenvalue weighted by Gasteiger charge is 2.14. The lowest BCUT2D eigenvalue weighted by molar-refractivity contribution is 0.572. The minimum atomic E-state index is -3.20. The molecule has 7 heteroatoms. The van der Waals surface area contributed by atoms with E-state index < -0.39 is 10.0 Å². The highest BCUT2D eigenvalue weighted by atomic mass is 32.2. The van der Waals surface area contributed by atoms with Crippen molar-refractivity contribution in [3.63, 3.8) is 0 Å². The molecule has 1 unspecified atom stereocenters. The van der Waals surface area contributed by atoms with E-state index in [0.29, 0.717) is 11.4 Å². The Morgan fingerprint density at radius 2 is 1.95 bits per heavy atom. The van der Waals surface area contributed by atoms with Crippen molar-refractivity contribution in [2.45, 2.75) is 24.8 Å². The quantitative estimate of drug-likeness (QED) is 0.536. The third-order valence-electron chi connectivity index (χ3n) is 2.45. The van der Waals surface area contributed by atoms with Gasteiger partial charge in [-0.05, 0) is 36.9 Å². The summed E-state index contributed by atoms with van der Waals surface area (Å²) in [5.74, 6) is 2.47. The number of nitrogen functional groups attached to an aromatic ring is 1. The maximum absolute atomic E-state index is 11.9. The Kier molecular flexibility index (Phi) is 7.79. The van der Waals surface area contributed by atoms with E-state index in [9.17, 15) is 8.42 Å². The number of hydrogen-bond donors (Lipinski definition) is 2. The Labute approximate surface area is 130 Å². The zero-order chi connectivity index (χ0) is 15.0. The molecule has 0 aromatic heterocycles. The van der Waals surface area contributed by atoms with E-state index in [1.165, 1.54) is 11.8 Å². The Bertz CT molecular complexity index is 489. The predicted octanol–water partition coefficient (Wildman–Crippen LogP) is 2.42. The van der Waals surface area contributed by atoms with Gasteiger partial charge in [-0.2, -0.15) is 11.8 Å². The van der Waals surface area contributed by atoms with Crippen LogP contribution in [0, 0.1) is 0 Å². The van der Waals surface area contributed by atoms with Gasteiger partial charge in [-0.15, -0.1) is 11.8 Å². The van der Waals surface area contributed by atoms with Gasteiger partial charge >= 0.3 is 0 Å². The van der Waals surface area contributed by atoms with Crippen LogP contribution in [-0.2, 0) is 10.0 Å². The molecule has 0 aliphatic carbocycles. The second kappa shape index (κ2) is 8.81. The number of hydrogen-bond acceptors (Lipinski definition) is 5. The number of rotatable bonds is 9. The zero-order valence-corrected chi connectivity index (χ0v) is 14.3. The van der Waals surface area contributed by atoms with E-state index in [-0.39, 0.29) is 11.8 Å². The van der Waals surface area contributed by atoms with Crippen LogP contribution in [0.5, 0.6) is 0 Å². The second-order valence-corrected chi connectivity index (χ2v) is 8.78. The van der Waals surface area contributed by atoms with E-state index in [4.69, 9.17) is 5.73 Å². The summed E-state index contributed by atoms with van der Waals surface area (Å²) in [5, 5.41) is 0. The number of sulfonamides is 1. The van der Waals surface area contributed by atoms with E-state index >= 15 is 0 Å². The summed E-state index contributed by atoms with van der Waals surface area (Å²) >= 11 is 3.26. The minimum Gasteiger partial charge on any atom is -0.399 e. The molecular formula is C13H22N2O2S3. The molecule has 0 amide bonds. The third-order valence-corrected chi connectivity index (χ3v) is 6.37. The van der Waals surface area contributed by atoms with Crippen molar-refractivity contribution in [3.05, 3.63) is 24.3 Å². The molecule has 0 spiro atoms. The lowest BCUT2D eigenvalue weighted by Gasteiger charge is -2.13. The van der Waals surface area contributed by atoms with Crippen LogP contribution >= 0.6 is 23.5 Å². The molecule has 1 rings (SSSR count). The highest BCUT2D eigenvalue weighted by molar-refractivity contribution is 8.00. The van der Waals surface area contributed by atoms with Crippen LogP contribution in [0.25, 0.3) is 0 Å². The molecule has 1 aromatic rings. The molecule has 3 N–H and O–H groups in total. The van der Waals surface area contributed by atoms with Crippen LogP contribution < -0.4 is 10.5 Å². The average Bonchev–Trinajstić information content (AvgIpc) is 2.38. The van der Waals surface area contributed by atoms with E-state index in [1.54, 1.807) is 11.8 Å². The maximum atomic E-state index is 11.9. The fourth-order valence-corrected chi connectivity index (χ4v) is 4.89. The van der Waals surface area contributed by atoms with Crippen molar-refractivity contribution in [2.75, 3.05) is 28.7 Å². The third kappa shape index (κ3) is 7.42. The van der Waals surface area contributed by atoms with Gasteiger partial charge in [0.15, 0.2) is 0 Å². The van der Waals surface area contributed by atoms with Crippen LogP contribution in [0.3, 0.4) is 0 Å². The van der Waals surface area contributed by atoms with E-state index in [2.05, 4.69) is 11.6 Å². The first-order valence-electron chi connectivity index (χ1n) is 6.49. The molecule has 1 atom stereocenters. The van der Waals surface area contributed by atoms with Crippen LogP contribution in [0.2, 0.25) is 0 Å². The molecule has 0 fully saturated rings. The van der Waals surface area contributed by atoms with Crippen molar-refractivity contribution in [2.24, 2.45) is 0 Å². The first kappa shape index (κ1) is 17.7. The first-order valence-corrected chi connectivity index (χ1v) is 10.3. The van der Waals surface area contributed by atoms with Gasteiger partial charge in [0.05, 0.1) is 5.75 Å². The van der Waals surface area contributed by atoms with Crippen LogP contribution in [-0.4, -0.2) is 37.5 Å². The van der Waals surface area contributed by atoms with Crippen molar-refractivity contribution in [1.29, 1.82) is 0 Å². The largest absolute Gasteiger partial charge is 0.399 e. The minimum absolute atomic E-state index is 0.0218. The molecule has 1 aromatic carbocycles. The number of benzene rings is 1. The Hall–Kier alpha value is -0.370. The standard InChI is InChI=1S/C13H22N2O2S3/c1-3-18-10-11(2)15-20(16,17)9-8-19-13-6-4-12(14)5-7-13/h4-7,11,15H,3,8-10,14H2,1-2H3. The topological polar surface area (TPSA) is 72.2 Å². The summed E-state index contributed by atoms with van der Waals surface area (Å²) in [6, 6.07) is 7.42. The molecule has 114 valence electrons. The van der Waals surface area contributed by atoms with Gasteiger partial charge in [0.2, 0.25) is 10.0 Å². The molecule has 0 saturated heterocycles. The first-order chi connectivity index (χ1) is 9.43. The molecule has 0 heterocycles. The zero-order valence-electron chi connectivity index (χ0n) is 11.8. The number of nitrogens with one attached hydrogen (secondary N) is 1. The van der Waals surface area contributed by atoms with Gasteiger partial charge in [-0.25, -0.2) is 13.1 Å². The van der Waals surface area contributed by atoms with Crippen molar-refractivity contribution in [3.8, 4) is 0 Å². The highest BCUT2D eigenvalue weighted by Crippen LogP contribution is 2.19. The number of anilines is 1. The van der Waals surface area contributed by atoms with E-state index in [0.717, 1.165) is 16.4 Å². The molecule has 0 aliphatic heterocycles. The number of thioether (sulfide) groups is 2. The molecule has 0 saturated carbocycles. The second-order valence-electron chi connectivity index (χ2n) is 4.41. The predicted molar refractivity (Wildman–Crippen MR) is 91.0 cm³/mol. The van der Waals surface area contributed by atoms with Gasteiger partial charge in [0.1, 0.15) is 0 Å². The molecule has 4 nitrogen and oxygen atoms in total. The van der Waals surface area contributed by atoms with Crippen LogP contribution in [0.15, 0.2) is 29.2 Å². The summed E-state index contributed by atoms with van der Waals surface area (Å²) in [6.45, 7) is 3.96. The van der Waals surface area contributed by atoms with Crippen LogP contribution in [0.1, 0.15) is 13.8 Å². The molecule has 0 aliphatic rings. The molecule has 0 radical (unpaired) electrons. The lowest BCUT2D eigenvalue weighted by Crippen LogP contribution is -2.36. The van der Waals surface area contributed by atoms with Gasteiger partial charge in [-0.3, -0.25) is 0 Å². The summed E-state index contributed by atoms with van der Waals surface area (Å²) < 4.78 is 26.5. The fraction of sp³-hybridized carbons (Fsp3) is 0.538. The lowest BCUT2D eigenvalue weighted by atomic mass is 10.3. The van der Waals surface area contributed by atoms with E-state index in [1.807, 2.05) is 31.2 Å². The summed E-state index contributed by atoms with van der Waals surface area (Å²) in [4.78, 5) is 1.03. The Balaban J connectivity index is 2.34. The fourth-order valence-electron chi connectivity index (χ4n) is 1.53. The summed E-state index contributed by atoms with van der Waals surface area (Å²) in [6.07, 6.45) is 0. The molecular weight excluding hydrogens is 312 g/mol. The normalized spacial score (nSPS) is 13.3. The summed E-state index contributed by atoms with van der Waals surface area (Å²) in [5.41, 5.74) is 6.32. The number of nitrogens with two attached hydrogens (primary N) is 1. The summed E-state index contributed by atoms with van der Waals surface area (Å²) in [7, 11) is -3.20. The average molecular weight is 335 g/mol. The smallest absolute Gasteiger partial charge is 0.212 e. The Morgan fingerprint density at radius 1 is 1.30 bits per heavy atom. The van der Waals surface area contributed by atoms with Crippen molar-refractivity contribution < 1.29 is 8.42 Å². The monoisotopic (exact) mass is 334 g/mol. The van der Waals surface area contributed by atoms with Gasteiger partial charge in [-0.1, -0.05) is 6.92 Å².